The average molecular weight is 236 g/mol. The first-order valence-electron chi connectivity index (χ1n) is 7.80. The molecule has 0 spiro atoms. The Balaban J connectivity index is 1.85. The molecule has 0 aromatic carbocycles. The van der Waals surface area contributed by atoms with Crippen LogP contribution in [0.5, 0.6) is 0 Å². The summed E-state index contributed by atoms with van der Waals surface area (Å²) in [6.07, 6.45) is 4.27. The fraction of sp³-hybridized carbons (Fsp3) is 1.00. The molecule has 0 heterocycles. The van der Waals surface area contributed by atoms with Gasteiger partial charge >= 0.3 is 0 Å². The van der Waals surface area contributed by atoms with Gasteiger partial charge in [-0.05, 0) is 53.3 Å². The summed E-state index contributed by atoms with van der Waals surface area (Å²) in [7, 11) is 0. The van der Waals surface area contributed by atoms with Crippen LogP contribution in [0.1, 0.15) is 67.7 Å². The molecule has 17 heavy (non-hydrogen) atoms. The molecule has 0 radical (unpaired) electrons. The lowest BCUT2D eigenvalue weighted by Crippen LogP contribution is -2.19. The van der Waals surface area contributed by atoms with Gasteiger partial charge in [0.2, 0.25) is 0 Å². The van der Waals surface area contributed by atoms with E-state index < -0.39 is 0 Å². The fourth-order valence-corrected chi connectivity index (χ4v) is 5.41. The quantitative estimate of drug-likeness (QED) is 0.581. The molecule has 0 aromatic rings. The summed E-state index contributed by atoms with van der Waals surface area (Å²) in [5, 5.41) is 0. The summed E-state index contributed by atoms with van der Waals surface area (Å²) in [6.45, 7) is 17.1. The Bertz CT molecular complexity index is 276. The number of hydrogen-bond acceptors (Lipinski definition) is 0. The van der Waals surface area contributed by atoms with Crippen LogP contribution >= 0.6 is 0 Å². The minimum absolute atomic E-state index is 0.725. The van der Waals surface area contributed by atoms with Crippen LogP contribution < -0.4 is 0 Å². The highest BCUT2D eigenvalue weighted by atomic mass is 14.9. The molecule has 2 saturated carbocycles. The molecule has 0 amide bonds. The van der Waals surface area contributed by atoms with E-state index in [0.717, 1.165) is 40.4 Å². The van der Waals surface area contributed by atoms with Crippen LogP contribution in [0.4, 0.5) is 0 Å². The Labute approximate surface area is 109 Å². The average Bonchev–Trinajstić information content (AvgIpc) is 2.92. The predicted octanol–water partition coefficient (Wildman–Crippen LogP) is 5.38. The molecule has 0 saturated heterocycles. The minimum Gasteiger partial charge on any atom is -0.0651 e. The van der Waals surface area contributed by atoms with Gasteiger partial charge in [0.1, 0.15) is 0 Å². The lowest BCUT2D eigenvalue weighted by atomic mass is 9.78. The lowest BCUT2D eigenvalue weighted by molar-refractivity contribution is 0.223. The maximum Gasteiger partial charge on any atom is -0.0199 e. The van der Waals surface area contributed by atoms with Crippen LogP contribution in [0.2, 0.25) is 0 Å². The highest BCUT2D eigenvalue weighted by molar-refractivity contribution is 5.37. The highest BCUT2D eigenvalue weighted by Gasteiger charge is 2.90. The largest absolute Gasteiger partial charge is 0.0651 e. The van der Waals surface area contributed by atoms with Gasteiger partial charge in [0, 0.05) is 0 Å². The summed E-state index contributed by atoms with van der Waals surface area (Å²) in [4.78, 5) is 0. The van der Waals surface area contributed by atoms with Crippen molar-refractivity contribution < 1.29 is 0 Å². The van der Waals surface area contributed by atoms with Gasteiger partial charge in [-0.3, -0.25) is 0 Å². The van der Waals surface area contributed by atoms with Crippen LogP contribution in [-0.2, 0) is 0 Å². The van der Waals surface area contributed by atoms with Crippen molar-refractivity contribution in [1.82, 2.24) is 0 Å². The SMILES string of the molecule is CCC(CC(C)C)CC(C)C1C2(C)C(C)C12C. The predicted molar refractivity (Wildman–Crippen MR) is 75.9 cm³/mol. The van der Waals surface area contributed by atoms with Gasteiger partial charge in [-0.2, -0.15) is 0 Å². The number of fused-ring (bicyclic) bond motifs is 1. The van der Waals surface area contributed by atoms with Crippen molar-refractivity contribution in [3.8, 4) is 0 Å². The molecule has 0 aliphatic heterocycles. The lowest BCUT2D eigenvalue weighted by Gasteiger charge is -2.27. The maximum atomic E-state index is 2.53. The van der Waals surface area contributed by atoms with Crippen molar-refractivity contribution >= 4 is 0 Å². The van der Waals surface area contributed by atoms with E-state index in [1.165, 1.54) is 19.3 Å². The third-order valence-electron chi connectivity index (χ3n) is 6.74. The van der Waals surface area contributed by atoms with Crippen molar-refractivity contribution in [2.75, 3.05) is 0 Å². The third-order valence-corrected chi connectivity index (χ3v) is 6.74. The van der Waals surface area contributed by atoms with Gasteiger partial charge < -0.3 is 0 Å². The molecular weight excluding hydrogens is 204 g/mol. The van der Waals surface area contributed by atoms with E-state index >= 15 is 0 Å². The second-order valence-corrected chi connectivity index (χ2v) is 7.88. The van der Waals surface area contributed by atoms with Crippen LogP contribution in [0.3, 0.4) is 0 Å². The molecule has 4 atom stereocenters. The topological polar surface area (TPSA) is 0 Å². The van der Waals surface area contributed by atoms with Gasteiger partial charge in [-0.25, -0.2) is 0 Å². The molecule has 100 valence electrons. The van der Waals surface area contributed by atoms with E-state index in [1.807, 2.05) is 0 Å². The summed E-state index contributed by atoms with van der Waals surface area (Å²) >= 11 is 0. The summed E-state index contributed by atoms with van der Waals surface area (Å²) in [5.41, 5.74) is 1.45. The standard InChI is InChI=1S/C17H32/c1-8-14(9-11(2)3)10-12(4)15-16(6)13(5)17(15,16)7/h11-15H,8-10H2,1-7H3. The first-order chi connectivity index (χ1) is 7.80. The van der Waals surface area contributed by atoms with Gasteiger partial charge in [0.05, 0.1) is 0 Å². The van der Waals surface area contributed by atoms with Crippen LogP contribution in [0.25, 0.3) is 0 Å². The van der Waals surface area contributed by atoms with E-state index in [4.69, 9.17) is 0 Å². The monoisotopic (exact) mass is 236 g/mol. The van der Waals surface area contributed by atoms with Crippen molar-refractivity contribution in [3.05, 3.63) is 0 Å². The summed E-state index contributed by atoms with van der Waals surface area (Å²) < 4.78 is 0. The summed E-state index contributed by atoms with van der Waals surface area (Å²) in [5.74, 6) is 4.81. The first-order valence-corrected chi connectivity index (χ1v) is 7.80. The van der Waals surface area contributed by atoms with Gasteiger partial charge in [0.15, 0.2) is 0 Å². The molecule has 2 rings (SSSR count). The van der Waals surface area contributed by atoms with Crippen molar-refractivity contribution in [3.63, 3.8) is 0 Å². The smallest absolute Gasteiger partial charge is 0.0199 e. The van der Waals surface area contributed by atoms with E-state index in [1.54, 1.807) is 0 Å². The molecule has 0 N–H and O–H groups in total. The third kappa shape index (κ3) is 1.70. The molecule has 4 unspecified atom stereocenters. The molecule has 2 aliphatic carbocycles. The second kappa shape index (κ2) is 4.00. The minimum atomic E-state index is 0.725. The van der Waals surface area contributed by atoms with Crippen LogP contribution in [-0.4, -0.2) is 0 Å². The van der Waals surface area contributed by atoms with Crippen LogP contribution in [0, 0.1) is 40.4 Å². The van der Waals surface area contributed by atoms with E-state index in [-0.39, 0.29) is 0 Å². The van der Waals surface area contributed by atoms with Gasteiger partial charge in [-0.15, -0.1) is 0 Å². The Morgan fingerprint density at radius 2 is 1.53 bits per heavy atom. The molecule has 2 fully saturated rings. The Kier molecular flexibility index (Phi) is 3.16. The molecule has 0 heteroatoms. The molecular formula is C17H32. The fourth-order valence-electron chi connectivity index (χ4n) is 5.41. The Hall–Kier alpha value is 0. The van der Waals surface area contributed by atoms with Gasteiger partial charge in [0.25, 0.3) is 0 Å². The zero-order valence-electron chi connectivity index (χ0n) is 13.0. The van der Waals surface area contributed by atoms with Crippen molar-refractivity contribution in [2.45, 2.75) is 67.7 Å². The zero-order valence-corrected chi connectivity index (χ0v) is 13.0. The highest BCUT2D eigenvalue weighted by Crippen LogP contribution is 2.94. The zero-order chi connectivity index (χ0) is 13.0. The normalized spacial score (nSPS) is 46.6. The Morgan fingerprint density at radius 3 is 1.88 bits per heavy atom. The van der Waals surface area contributed by atoms with E-state index in [2.05, 4.69) is 48.5 Å². The molecule has 0 aromatic heterocycles. The van der Waals surface area contributed by atoms with E-state index in [0.29, 0.717) is 0 Å². The van der Waals surface area contributed by atoms with Crippen molar-refractivity contribution in [2.24, 2.45) is 40.4 Å². The molecule has 2 aliphatic rings. The van der Waals surface area contributed by atoms with Crippen LogP contribution in [0.15, 0.2) is 0 Å². The first kappa shape index (κ1) is 13.4. The summed E-state index contributed by atoms with van der Waals surface area (Å²) in [6, 6.07) is 0. The molecule has 0 nitrogen and oxygen atoms in total. The maximum absolute atomic E-state index is 2.53. The second-order valence-electron chi connectivity index (χ2n) is 7.88. The molecule has 0 bridgehead atoms. The number of rotatable bonds is 6. The van der Waals surface area contributed by atoms with Crippen molar-refractivity contribution in [1.29, 1.82) is 0 Å². The Morgan fingerprint density at radius 1 is 1.00 bits per heavy atom. The van der Waals surface area contributed by atoms with E-state index in [9.17, 15) is 0 Å². The van der Waals surface area contributed by atoms with Gasteiger partial charge in [-0.1, -0.05) is 54.9 Å². The number of hydrogen-bond donors (Lipinski definition) is 0.